The molecule has 5 nitrogen and oxygen atoms in total. The summed E-state index contributed by atoms with van der Waals surface area (Å²) in [4.78, 5) is 8.57. The summed E-state index contributed by atoms with van der Waals surface area (Å²) in [6, 6.07) is 3.55. The highest BCUT2D eigenvalue weighted by Crippen LogP contribution is 2.24. The van der Waals surface area contributed by atoms with Crippen LogP contribution >= 0.6 is 11.6 Å². The SMILES string of the molecule is Clc1cccnc1-c1noc(CC2CCNCC2)n1. The molecule has 1 aliphatic heterocycles. The standard InChI is InChI=1S/C13H15ClN4O/c14-10-2-1-5-16-12(10)13-17-11(19-18-13)8-9-3-6-15-7-4-9/h1-2,5,9,15H,3-4,6-8H2. The molecule has 1 saturated heterocycles. The fourth-order valence-corrected chi connectivity index (χ4v) is 2.52. The van der Waals surface area contributed by atoms with Crippen molar-refractivity contribution in [3.05, 3.63) is 29.2 Å². The third-order valence-electron chi connectivity index (χ3n) is 3.36. The highest BCUT2D eigenvalue weighted by molar-refractivity contribution is 6.32. The first-order chi connectivity index (χ1) is 9.33. The van der Waals surface area contributed by atoms with Crippen molar-refractivity contribution in [2.75, 3.05) is 13.1 Å². The summed E-state index contributed by atoms with van der Waals surface area (Å²) in [5.74, 6) is 1.76. The van der Waals surface area contributed by atoms with Gasteiger partial charge >= 0.3 is 0 Å². The van der Waals surface area contributed by atoms with Gasteiger partial charge in [0.1, 0.15) is 5.69 Å². The van der Waals surface area contributed by atoms with Crippen LogP contribution in [-0.4, -0.2) is 28.2 Å². The largest absolute Gasteiger partial charge is 0.339 e. The summed E-state index contributed by atoms with van der Waals surface area (Å²) < 4.78 is 5.30. The van der Waals surface area contributed by atoms with Crippen molar-refractivity contribution >= 4 is 11.6 Å². The topological polar surface area (TPSA) is 63.8 Å². The van der Waals surface area contributed by atoms with Gasteiger partial charge < -0.3 is 9.84 Å². The van der Waals surface area contributed by atoms with Crippen molar-refractivity contribution in [1.29, 1.82) is 0 Å². The van der Waals surface area contributed by atoms with Gasteiger partial charge in [0.05, 0.1) is 5.02 Å². The van der Waals surface area contributed by atoms with Crippen LogP contribution in [0.15, 0.2) is 22.9 Å². The van der Waals surface area contributed by atoms with Crippen molar-refractivity contribution in [1.82, 2.24) is 20.4 Å². The number of hydrogen-bond acceptors (Lipinski definition) is 5. The second kappa shape index (κ2) is 5.67. The summed E-state index contributed by atoms with van der Waals surface area (Å²) >= 11 is 6.07. The summed E-state index contributed by atoms with van der Waals surface area (Å²) in [5, 5.41) is 7.85. The number of piperidine rings is 1. The summed E-state index contributed by atoms with van der Waals surface area (Å²) in [7, 11) is 0. The van der Waals surface area contributed by atoms with Crippen LogP contribution in [0.25, 0.3) is 11.5 Å². The van der Waals surface area contributed by atoms with Crippen molar-refractivity contribution in [2.24, 2.45) is 5.92 Å². The molecule has 0 radical (unpaired) electrons. The molecule has 1 aliphatic rings. The zero-order valence-corrected chi connectivity index (χ0v) is 11.2. The molecule has 0 saturated carbocycles. The smallest absolute Gasteiger partial charge is 0.227 e. The van der Waals surface area contributed by atoms with Crippen molar-refractivity contribution in [2.45, 2.75) is 19.3 Å². The lowest BCUT2D eigenvalue weighted by atomic mass is 9.95. The Balaban J connectivity index is 1.74. The number of halogens is 1. The Morgan fingerprint density at radius 2 is 2.21 bits per heavy atom. The molecule has 0 atom stereocenters. The van der Waals surface area contributed by atoms with Crippen LogP contribution in [0.4, 0.5) is 0 Å². The van der Waals surface area contributed by atoms with E-state index in [2.05, 4.69) is 20.4 Å². The summed E-state index contributed by atoms with van der Waals surface area (Å²) in [6.45, 7) is 2.13. The molecule has 6 heteroatoms. The van der Waals surface area contributed by atoms with Crippen LogP contribution in [0, 0.1) is 5.92 Å². The second-order valence-corrected chi connectivity index (χ2v) is 5.15. The van der Waals surface area contributed by atoms with Gasteiger partial charge in [-0.05, 0) is 44.0 Å². The van der Waals surface area contributed by atoms with E-state index < -0.39 is 0 Å². The lowest BCUT2D eigenvalue weighted by molar-refractivity contribution is 0.313. The number of nitrogens with zero attached hydrogens (tertiary/aromatic N) is 3. The molecule has 3 rings (SSSR count). The molecule has 0 spiro atoms. The van der Waals surface area contributed by atoms with E-state index in [1.807, 2.05) is 0 Å². The molecule has 0 amide bonds. The highest BCUT2D eigenvalue weighted by atomic mass is 35.5. The fraction of sp³-hybridized carbons (Fsp3) is 0.462. The molecule has 0 bridgehead atoms. The third-order valence-corrected chi connectivity index (χ3v) is 3.67. The maximum Gasteiger partial charge on any atom is 0.227 e. The first-order valence-electron chi connectivity index (χ1n) is 6.47. The number of rotatable bonds is 3. The van der Waals surface area contributed by atoms with Gasteiger partial charge in [-0.15, -0.1) is 0 Å². The van der Waals surface area contributed by atoms with Gasteiger partial charge in [-0.1, -0.05) is 16.8 Å². The zero-order chi connectivity index (χ0) is 13.1. The van der Waals surface area contributed by atoms with Crippen molar-refractivity contribution in [3.63, 3.8) is 0 Å². The molecule has 0 aromatic carbocycles. The van der Waals surface area contributed by atoms with Gasteiger partial charge in [0.15, 0.2) is 0 Å². The Bertz CT molecular complexity index is 551. The molecule has 19 heavy (non-hydrogen) atoms. The Morgan fingerprint density at radius 1 is 1.37 bits per heavy atom. The van der Waals surface area contributed by atoms with E-state index in [0.29, 0.717) is 28.3 Å². The first kappa shape index (κ1) is 12.6. The highest BCUT2D eigenvalue weighted by Gasteiger charge is 2.18. The molecular formula is C13H15ClN4O. The molecule has 0 unspecified atom stereocenters. The van der Waals surface area contributed by atoms with Crippen LogP contribution < -0.4 is 5.32 Å². The molecule has 2 aromatic heterocycles. The van der Waals surface area contributed by atoms with Crippen LogP contribution in [0.1, 0.15) is 18.7 Å². The van der Waals surface area contributed by atoms with Gasteiger partial charge in [0.25, 0.3) is 0 Å². The maximum absolute atomic E-state index is 6.07. The molecular weight excluding hydrogens is 264 g/mol. The number of aromatic nitrogens is 3. The minimum Gasteiger partial charge on any atom is -0.339 e. The quantitative estimate of drug-likeness (QED) is 0.933. The molecule has 1 N–H and O–H groups in total. The summed E-state index contributed by atoms with van der Waals surface area (Å²) in [6.07, 6.45) is 4.81. The molecule has 2 aromatic rings. The Morgan fingerprint density at radius 3 is 3.00 bits per heavy atom. The van der Waals surface area contributed by atoms with Gasteiger partial charge in [0, 0.05) is 12.6 Å². The predicted octanol–water partition coefficient (Wildman–Crippen LogP) is 2.33. The number of pyridine rings is 1. The van der Waals surface area contributed by atoms with Crippen LogP contribution in [0.5, 0.6) is 0 Å². The van der Waals surface area contributed by atoms with E-state index in [4.69, 9.17) is 16.1 Å². The molecule has 0 aliphatic carbocycles. The Labute approximate surface area is 116 Å². The van der Waals surface area contributed by atoms with E-state index in [1.54, 1.807) is 18.3 Å². The molecule has 3 heterocycles. The monoisotopic (exact) mass is 278 g/mol. The van der Waals surface area contributed by atoms with Crippen LogP contribution in [0.2, 0.25) is 5.02 Å². The average molecular weight is 279 g/mol. The maximum atomic E-state index is 6.07. The van der Waals surface area contributed by atoms with Crippen LogP contribution in [0.3, 0.4) is 0 Å². The van der Waals surface area contributed by atoms with Gasteiger partial charge in [-0.2, -0.15) is 4.98 Å². The molecule has 100 valence electrons. The van der Waals surface area contributed by atoms with E-state index in [0.717, 1.165) is 32.4 Å². The van der Waals surface area contributed by atoms with Gasteiger partial charge in [-0.3, -0.25) is 4.98 Å². The normalized spacial score (nSPS) is 16.7. The Kier molecular flexibility index (Phi) is 3.75. The van der Waals surface area contributed by atoms with Crippen molar-refractivity contribution < 1.29 is 4.52 Å². The minimum absolute atomic E-state index is 0.467. The average Bonchev–Trinajstić information content (AvgIpc) is 2.89. The predicted molar refractivity (Wildman–Crippen MR) is 71.8 cm³/mol. The third kappa shape index (κ3) is 2.93. The van der Waals surface area contributed by atoms with Gasteiger partial charge in [-0.25, -0.2) is 0 Å². The number of hydrogen-bond donors (Lipinski definition) is 1. The molecule has 1 fully saturated rings. The van der Waals surface area contributed by atoms with Crippen LogP contribution in [-0.2, 0) is 6.42 Å². The Hall–Kier alpha value is -1.46. The fourth-order valence-electron chi connectivity index (χ4n) is 2.32. The lowest BCUT2D eigenvalue weighted by Crippen LogP contribution is -2.28. The lowest BCUT2D eigenvalue weighted by Gasteiger charge is -2.20. The van der Waals surface area contributed by atoms with E-state index in [9.17, 15) is 0 Å². The van der Waals surface area contributed by atoms with E-state index in [-0.39, 0.29) is 0 Å². The number of nitrogens with one attached hydrogen (secondary N) is 1. The van der Waals surface area contributed by atoms with E-state index in [1.165, 1.54) is 0 Å². The second-order valence-electron chi connectivity index (χ2n) is 4.74. The van der Waals surface area contributed by atoms with Crippen molar-refractivity contribution in [3.8, 4) is 11.5 Å². The van der Waals surface area contributed by atoms with Gasteiger partial charge in [0.2, 0.25) is 11.7 Å². The summed E-state index contributed by atoms with van der Waals surface area (Å²) in [5.41, 5.74) is 0.574. The zero-order valence-electron chi connectivity index (χ0n) is 10.5. The minimum atomic E-state index is 0.467. The van der Waals surface area contributed by atoms with E-state index >= 15 is 0 Å². The first-order valence-corrected chi connectivity index (χ1v) is 6.85.